The van der Waals surface area contributed by atoms with Crippen LogP contribution in [-0.2, 0) is 19.4 Å². The Hall–Kier alpha value is -1.85. The lowest BCUT2D eigenvalue weighted by molar-refractivity contribution is -0.117. The molecule has 0 aliphatic carbocycles. The van der Waals surface area contributed by atoms with Gasteiger partial charge in [0.1, 0.15) is 18.0 Å². The van der Waals surface area contributed by atoms with Crippen molar-refractivity contribution in [3.8, 4) is 0 Å². The highest BCUT2D eigenvalue weighted by Crippen LogP contribution is 2.41. The first-order valence-corrected chi connectivity index (χ1v) is 12.1. The topological polar surface area (TPSA) is 105 Å². The lowest BCUT2D eigenvalue weighted by Gasteiger charge is -2.24. The van der Waals surface area contributed by atoms with Gasteiger partial charge in [-0.3, -0.25) is 4.79 Å². The molecule has 2 amide bonds. The van der Waals surface area contributed by atoms with Crippen molar-refractivity contribution in [2.24, 2.45) is 4.99 Å². The molecule has 2 heterocycles. The minimum atomic E-state index is -3.24. The van der Waals surface area contributed by atoms with E-state index in [4.69, 9.17) is 16.3 Å². The van der Waals surface area contributed by atoms with Gasteiger partial charge in [0.15, 0.2) is 15.0 Å². The zero-order chi connectivity index (χ0) is 22.3. The number of sulfone groups is 1. The van der Waals surface area contributed by atoms with Crippen LogP contribution in [0, 0.1) is 5.82 Å². The standard InChI is InChI=1S/C18H21ClFN3O5S2/c1-18(2,3)28-17(25)21-7-15(24)22-16-23(10-4-5-12(20)11(19)6-10)13-8-30(26,27)9-14(13)29-16/h4-6,13-14H,7-9H2,1-3H3,(H,21,25)/t13-,14+/m0/s1. The van der Waals surface area contributed by atoms with Gasteiger partial charge in [-0.2, -0.15) is 4.99 Å². The van der Waals surface area contributed by atoms with Crippen molar-refractivity contribution in [3.63, 3.8) is 0 Å². The quantitative estimate of drug-likeness (QED) is 0.713. The van der Waals surface area contributed by atoms with Crippen molar-refractivity contribution >= 4 is 56.1 Å². The minimum Gasteiger partial charge on any atom is -0.444 e. The number of thioether (sulfide) groups is 1. The summed E-state index contributed by atoms with van der Waals surface area (Å²) in [5.74, 6) is -1.40. The molecule has 1 aromatic rings. The highest BCUT2D eigenvalue weighted by molar-refractivity contribution is 8.16. The van der Waals surface area contributed by atoms with Gasteiger partial charge in [-0.15, -0.1) is 0 Å². The number of ether oxygens (including phenoxy) is 1. The molecule has 3 rings (SSSR count). The Balaban J connectivity index is 1.80. The van der Waals surface area contributed by atoms with Crippen LogP contribution in [0.5, 0.6) is 0 Å². The maximum absolute atomic E-state index is 13.6. The number of halogens is 2. The number of benzene rings is 1. The van der Waals surface area contributed by atoms with Crippen LogP contribution in [0.25, 0.3) is 0 Å². The van der Waals surface area contributed by atoms with Crippen LogP contribution in [0.15, 0.2) is 23.2 Å². The van der Waals surface area contributed by atoms with E-state index < -0.39 is 39.3 Å². The van der Waals surface area contributed by atoms with E-state index >= 15 is 0 Å². The molecule has 2 saturated heterocycles. The van der Waals surface area contributed by atoms with E-state index in [1.807, 2.05) is 0 Å². The summed E-state index contributed by atoms with van der Waals surface area (Å²) in [4.78, 5) is 29.7. The number of hydrogen-bond acceptors (Lipinski definition) is 6. The summed E-state index contributed by atoms with van der Waals surface area (Å²) in [6.07, 6.45) is -0.750. The number of amidine groups is 1. The fourth-order valence-electron chi connectivity index (χ4n) is 3.11. The van der Waals surface area contributed by atoms with Crippen molar-refractivity contribution in [3.05, 3.63) is 29.0 Å². The maximum atomic E-state index is 13.6. The van der Waals surface area contributed by atoms with E-state index in [9.17, 15) is 22.4 Å². The van der Waals surface area contributed by atoms with Crippen molar-refractivity contribution < 1.29 is 27.1 Å². The highest BCUT2D eigenvalue weighted by Gasteiger charge is 2.49. The molecule has 8 nitrogen and oxygen atoms in total. The molecule has 2 aliphatic rings. The molecule has 164 valence electrons. The van der Waals surface area contributed by atoms with Gasteiger partial charge in [0.05, 0.1) is 22.6 Å². The lowest BCUT2D eigenvalue weighted by Crippen LogP contribution is -2.38. The molecule has 2 atom stereocenters. The van der Waals surface area contributed by atoms with Gasteiger partial charge in [0.2, 0.25) is 0 Å². The zero-order valence-corrected chi connectivity index (χ0v) is 18.9. The van der Waals surface area contributed by atoms with Gasteiger partial charge in [-0.05, 0) is 39.0 Å². The fourth-order valence-corrected chi connectivity index (χ4v) is 7.22. The third-order valence-electron chi connectivity index (χ3n) is 4.25. The predicted molar refractivity (Wildman–Crippen MR) is 114 cm³/mol. The first-order valence-electron chi connectivity index (χ1n) is 9.04. The number of alkyl carbamates (subject to hydrolysis) is 1. The normalized spacial score (nSPS) is 24.0. The number of aliphatic imine (C=N–C) groups is 1. The number of anilines is 1. The third-order valence-corrected chi connectivity index (χ3v) is 7.75. The SMILES string of the molecule is CC(C)(C)OC(=O)NCC(=O)N=C1S[C@@H]2CS(=O)(=O)C[C@@H]2N1c1ccc(F)c(Cl)c1. The number of hydrogen-bond donors (Lipinski definition) is 1. The molecule has 0 bridgehead atoms. The molecule has 0 spiro atoms. The largest absolute Gasteiger partial charge is 0.444 e. The van der Waals surface area contributed by atoms with E-state index in [2.05, 4.69) is 10.3 Å². The Morgan fingerprint density at radius 2 is 2.07 bits per heavy atom. The van der Waals surface area contributed by atoms with Crippen LogP contribution < -0.4 is 10.2 Å². The Morgan fingerprint density at radius 1 is 1.37 bits per heavy atom. The van der Waals surface area contributed by atoms with E-state index in [1.54, 1.807) is 25.7 Å². The molecule has 1 N–H and O–H groups in total. The molecule has 0 aromatic heterocycles. The second-order valence-corrected chi connectivity index (χ2v) is 11.7. The Morgan fingerprint density at radius 3 is 2.70 bits per heavy atom. The summed E-state index contributed by atoms with van der Waals surface area (Å²) in [7, 11) is -3.24. The molecule has 0 unspecified atom stereocenters. The Labute approximate surface area is 183 Å². The molecule has 0 radical (unpaired) electrons. The van der Waals surface area contributed by atoms with Crippen LogP contribution in [0.2, 0.25) is 5.02 Å². The van der Waals surface area contributed by atoms with Gasteiger partial charge < -0.3 is 15.0 Å². The van der Waals surface area contributed by atoms with Crippen LogP contribution in [0.1, 0.15) is 20.8 Å². The number of carbonyl (C=O) groups excluding carboxylic acids is 2. The molecule has 12 heteroatoms. The highest BCUT2D eigenvalue weighted by atomic mass is 35.5. The van der Waals surface area contributed by atoms with Crippen molar-refractivity contribution in [1.29, 1.82) is 0 Å². The molecular weight excluding hydrogens is 457 g/mol. The molecule has 30 heavy (non-hydrogen) atoms. The summed E-state index contributed by atoms with van der Waals surface area (Å²) in [6.45, 7) is 4.71. The van der Waals surface area contributed by atoms with E-state index in [-0.39, 0.29) is 33.5 Å². The molecule has 0 saturated carbocycles. The van der Waals surface area contributed by atoms with E-state index in [0.29, 0.717) is 5.69 Å². The van der Waals surface area contributed by atoms with E-state index in [0.717, 1.165) is 11.8 Å². The first kappa shape index (κ1) is 22.8. The van der Waals surface area contributed by atoms with Gasteiger partial charge in [-0.25, -0.2) is 17.6 Å². The summed E-state index contributed by atoms with van der Waals surface area (Å²) in [6, 6.07) is 3.53. The van der Waals surface area contributed by atoms with Crippen LogP contribution in [0.4, 0.5) is 14.9 Å². The van der Waals surface area contributed by atoms with Gasteiger partial charge in [0.25, 0.3) is 5.91 Å². The number of carbonyl (C=O) groups is 2. The van der Waals surface area contributed by atoms with Crippen LogP contribution >= 0.6 is 23.4 Å². The average molecular weight is 478 g/mol. The van der Waals surface area contributed by atoms with Gasteiger partial charge in [0, 0.05) is 10.9 Å². The first-order chi connectivity index (χ1) is 13.8. The molecule has 2 fully saturated rings. The minimum absolute atomic E-state index is 0.0445. The molecule has 2 aliphatic heterocycles. The van der Waals surface area contributed by atoms with Crippen molar-refractivity contribution in [1.82, 2.24) is 5.32 Å². The average Bonchev–Trinajstić information content (AvgIpc) is 3.05. The van der Waals surface area contributed by atoms with Gasteiger partial charge in [-0.1, -0.05) is 23.4 Å². The van der Waals surface area contributed by atoms with Crippen molar-refractivity contribution in [2.75, 3.05) is 23.0 Å². The predicted octanol–water partition coefficient (Wildman–Crippen LogP) is 2.61. The number of nitrogens with zero attached hydrogens (tertiary/aromatic N) is 2. The summed E-state index contributed by atoms with van der Waals surface area (Å²) < 4.78 is 42.8. The summed E-state index contributed by atoms with van der Waals surface area (Å²) in [5.41, 5.74) is -0.271. The second-order valence-electron chi connectivity index (χ2n) is 7.91. The fraction of sp³-hybridized carbons (Fsp3) is 0.500. The number of fused-ring (bicyclic) bond motifs is 1. The Bertz CT molecular complexity index is 1010. The monoisotopic (exact) mass is 477 g/mol. The number of nitrogens with one attached hydrogen (secondary N) is 1. The molecule has 1 aromatic carbocycles. The number of amides is 2. The zero-order valence-electron chi connectivity index (χ0n) is 16.5. The van der Waals surface area contributed by atoms with Crippen molar-refractivity contribution in [2.45, 2.75) is 37.7 Å². The Kier molecular flexibility index (Phi) is 6.35. The lowest BCUT2D eigenvalue weighted by atomic mass is 10.2. The molecular formula is C18H21ClFN3O5S2. The summed E-state index contributed by atoms with van der Waals surface area (Å²) in [5, 5.41) is 2.17. The smallest absolute Gasteiger partial charge is 0.408 e. The van der Waals surface area contributed by atoms with E-state index in [1.165, 1.54) is 18.2 Å². The maximum Gasteiger partial charge on any atom is 0.408 e. The summed E-state index contributed by atoms with van der Waals surface area (Å²) >= 11 is 7.05. The second kappa shape index (κ2) is 8.35. The van der Waals surface area contributed by atoms with Gasteiger partial charge >= 0.3 is 6.09 Å². The van der Waals surface area contributed by atoms with Crippen LogP contribution in [0.3, 0.4) is 0 Å². The number of rotatable bonds is 3. The third kappa shape index (κ3) is 5.44. The van der Waals surface area contributed by atoms with Crippen LogP contribution in [-0.4, -0.2) is 60.5 Å².